The van der Waals surface area contributed by atoms with Crippen molar-refractivity contribution in [3.63, 3.8) is 0 Å². The number of H-pyrrole nitrogens is 1. The van der Waals surface area contributed by atoms with Crippen molar-refractivity contribution in [2.75, 3.05) is 13.1 Å². The third-order valence-electron chi connectivity index (χ3n) is 8.20. The molecule has 0 amide bonds. The molecule has 1 saturated heterocycles. The van der Waals surface area contributed by atoms with Crippen LogP contribution in [0.1, 0.15) is 62.5 Å². The number of oxazole rings is 1. The van der Waals surface area contributed by atoms with Gasteiger partial charge >= 0.3 is 5.76 Å². The number of nitrogens with one attached hydrogen (secondary N) is 1. The Morgan fingerprint density at radius 2 is 2.08 bits per heavy atom. The Balaban J connectivity index is 1.47. The number of aromatic nitrogens is 1. The highest BCUT2D eigenvalue weighted by molar-refractivity contribution is 5.75. The molecule has 3 atom stereocenters. The molecular formula is C22H28N2O2. The molecule has 4 aliphatic rings. The molecule has 0 unspecified atom stereocenters. The Kier molecular flexibility index (Phi) is 3.27. The lowest BCUT2D eigenvalue weighted by atomic mass is 9.52. The highest BCUT2D eigenvalue weighted by Crippen LogP contribution is 2.56. The van der Waals surface area contributed by atoms with Crippen LogP contribution in [0.4, 0.5) is 0 Å². The zero-order valence-electron chi connectivity index (χ0n) is 15.4. The topological polar surface area (TPSA) is 49.2 Å². The second-order valence-corrected chi connectivity index (χ2v) is 9.34. The third kappa shape index (κ3) is 2.08. The lowest BCUT2D eigenvalue weighted by Gasteiger charge is -2.59. The first-order valence-electron chi connectivity index (χ1n) is 10.6. The maximum Gasteiger partial charge on any atom is 0.417 e. The Bertz CT molecular complexity index is 908. The summed E-state index contributed by atoms with van der Waals surface area (Å²) in [6, 6.07) is 5.15. The first-order chi connectivity index (χ1) is 12.7. The van der Waals surface area contributed by atoms with Gasteiger partial charge in [0.1, 0.15) is 0 Å². The number of hydrogen-bond acceptors (Lipinski definition) is 3. The molecule has 2 bridgehead atoms. The van der Waals surface area contributed by atoms with Crippen LogP contribution in [0.5, 0.6) is 0 Å². The predicted molar refractivity (Wildman–Crippen MR) is 101 cm³/mol. The van der Waals surface area contributed by atoms with Crippen LogP contribution in [-0.2, 0) is 11.8 Å². The Hall–Kier alpha value is -1.55. The van der Waals surface area contributed by atoms with Crippen LogP contribution in [0.3, 0.4) is 0 Å². The quantitative estimate of drug-likeness (QED) is 0.889. The number of piperidine rings is 1. The largest absolute Gasteiger partial charge is 0.417 e. The predicted octanol–water partition coefficient (Wildman–Crippen LogP) is 3.98. The monoisotopic (exact) mass is 352 g/mol. The normalized spacial score (nSPS) is 34.3. The standard InChI is InChI=1S/C22H28N2O2/c25-21-23-18-10-15-11-19-16-6-1-2-7-22(16,17(15)12-20(18)26-21)8-9-24(19)13-14-4-3-5-14/h10,12,14,16,19H,1-9,11,13H2,(H,23,25)/t16-,19+,22+/m0/s1. The number of aromatic amines is 1. The highest BCUT2D eigenvalue weighted by Gasteiger charge is 2.54. The van der Waals surface area contributed by atoms with Crippen molar-refractivity contribution in [3.05, 3.63) is 33.8 Å². The summed E-state index contributed by atoms with van der Waals surface area (Å²) < 4.78 is 5.42. The van der Waals surface area contributed by atoms with Crippen LogP contribution < -0.4 is 5.76 Å². The van der Waals surface area contributed by atoms with Gasteiger partial charge in [0, 0.05) is 18.0 Å². The molecule has 4 heteroatoms. The molecule has 1 aliphatic heterocycles. The summed E-state index contributed by atoms with van der Waals surface area (Å²) in [6.07, 6.45) is 12.2. The summed E-state index contributed by atoms with van der Waals surface area (Å²) in [5.74, 6) is 1.41. The highest BCUT2D eigenvalue weighted by atomic mass is 16.4. The summed E-state index contributed by atoms with van der Waals surface area (Å²) in [6.45, 7) is 2.57. The second kappa shape index (κ2) is 5.48. The second-order valence-electron chi connectivity index (χ2n) is 9.34. The van der Waals surface area contributed by atoms with Crippen molar-refractivity contribution < 1.29 is 4.42 Å². The SMILES string of the molecule is O=c1[nH]c2cc3c(cc2o1)[C@@]12CCCC[C@H]1[C@@H](C3)N(CC1CCC1)CC2. The van der Waals surface area contributed by atoms with E-state index in [4.69, 9.17) is 4.42 Å². The zero-order chi connectivity index (χ0) is 17.3. The number of fused-ring (bicyclic) bond motifs is 2. The number of hydrogen-bond donors (Lipinski definition) is 1. The van der Waals surface area contributed by atoms with E-state index >= 15 is 0 Å². The minimum atomic E-state index is -0.324. The van der Waals surface area contributed by atoms with E-state index in [9.17, 15) is 4.79 Å². The van der Waals surface area contributed by atoms with Gasteiger partial charge in [-0.3, -0.25) is 9.88 Å². The average molecular weight is 352 g/mol. The van der Waals surface area contributed by atoms with Gasteiger partial charge in [0.05, 0.1) is 5.52 Å². The lowest BCUT2D eigenvalue weighted by Crippen LogP contribution is -2.61. The molecule has 4 nitrogen and oxygen atoms in total. The van der Waals surface area contributed by atoms with Gasteiger partial charge in [0.15, 0.2) is 5.58 Å². The third-order valence-corrected chi connectivity index (χ3v) is 8.20. The van der Waals surface area contributed by atoms with E-state index in [2.05, 4.69) is 22.0 Å². The van der Waals surface area contributed by atoms with Gasteiger partial charge in [-0.25, -0.2) is 4.79 Å². The first kappa shape index (κ1) is 15.5. The van der Waals surface area contributed by atoms with E-state index in [1.165, 1.54) is 75.6 Å². The van der Waals surface area contributed by atoms with Gasteiger partial charge in [-0.05, 0) is 80.2 Å². The van der Waals surface area contributed by atoms with Gasteiger partial charge in [0.2, 0.25) is 0 Å². The molecule has 26 heavy (non-hydrogen) atoms. The fourth-order valence-corrected chi connectivity index (χ4v) is 6.77. The number of benzene rings is 1. The zero-order valence-corrected chi connectivity index (χ0v) is 15.4. The van der Waals surface area contributed by atoms with E-state index < -0.39 is 0 Å². The van der Waals surface area contributed by atoms with Crippen LogP contribution >= 0.6 is 0 Å². The Labute approximate surface area is 153 Å². The fraction of sp³-hybridized carbons (Fsp3) is 0.682. The van der Waals surface area contributed by atoms with E-state index in [1.54, 1.807) is 0 Å². The van der Waals surface area contributed by atoms with E-state index in [-0.39, 0.29) is 5.76 Å². The van der Waals surface area contributed by atoms with Crippen LogP contribution in [0.2, 0.25) is 0 Å². The molecule has 2 saturated carbocycles. The Morgan fingerprint density at radius 3 is 2.92 bits per heavy atom. The molecule has 2 heterocycles. The van der Waals surface area contributed by atoms with Gasteiger partial charge in [0.25, 0.3) is 0 Å². The molecule has 0 radical (unpaired) electrons. The summed E-state index contributed by atoms with van der Waals surface area (Å²) in [7, 11) is 0. The fourth-order valence-electron chi connectivity index (χ4n) is 6.77. The summed E-state index contributed by atoms with van der Waals surface area (Å²) >= 11 is 0. The van der Waals surface area contributed by atoms with Crippen molar-refractivity contribution >= 4 is 11.1 Å². The van der Waals surface area contributed by atoms with Crippen molar-refractivity contribution in [1.29, 1.82) is 0 Å². The van der Waals surface area contributed by atoms with Gasteiger partial charge < -0.3 is 4.42 Å². The first-order valence-corrected chi connectivity index (χ1v) is 10.6. The van der Waals surface area contributed by atoms with Crippen LogP contribution in [-0.4, -0.2) is 29.0 Å². The molecule has 1 aromatic heterocycles. The summed E-state index contributed by atoms with van der Waals surface area (Å²) in [4.78, 5) is 17.4. The molecule has 6 rings (SSSR count). The van der Waals surface area contributed by atoms with E-state index in [1.807, 2.05) is 0 Å². The molecule has 1 N–H and O–H groups in total. The Morgan fingerprint density at radius 1 is 1.15 bits per heavy atom. The average Bonchev–Trinajstić information content (AvgIpc) is 2.97. The van der Waals surface area contributed by atoms with Gasteiger partial charge in [-0.2, -0.15) is 0 Å². The van der Waals surface area contributed by atoms with E-state index in [0.29, 0.717) is 11.5 Å². The molecule has 0 spiro atoms. The molecule has 2 aromatic rings. The molecule has 138 valence electrons. The van der Waals surface area contributed by atoms with Crippen LogP contribution in [0.15, 0.2) is 21.3 Å². The lowest BCUT2D eigenvalue weighted by molar-refractivity contribution is -0.0239. The summed E-state index contributed by atoms with van der Waals surface area (Å²) in [5.41, 5.74) is 4.94. The molecule has 3 aliphatic carbocycles. The number of likely N-dealkylation sites (tertiary alicyclic amines) is 1. The summed E-state index contributed by atoms with van der Waals surface area (Å²) in [5, 5.41) is 0. The smallest absolute Gasteiger partial charge is 0.408 e. The van der Waals surface area contributed by atoms with Crippen LogP contribution in [0.25, 0.3) is 11.1 Å². The number of rotatable bonds is 2. The van der Waals surface area contributed by atoms with Crippen molar-refractivity contribution in [1.82, 2.24) is 9.88 Å². The number of nitrogens with zero attached hydrogens (tertiary/aromatic N) is 1. The van der Waals surface area contributed by atoms with Crippen molar-refractivity contribution in [2.45, 2.75) is 69.2 Å². The molecule has 1 aromatic carbocycles. The van der Waals surface area contributed by atoms with Crippen molar-refractivity contribution in [3.8, 4) is 0 Å². The maximum atomic E-state index is 11.7. The maximum absolute atomic E-state index is 11.7. The molecular weight excluding hydrogens is 324 g/mol. The van der Waals surface area contributed by atoms with Crippen molar-refractivity contribution in [2.24, 2.45) is 11.8 Å². The molecule has 3 fully saturated rings. The van der Waals surface area contributed by atoms with Gasteiger partial charge in [-0.1, -0.05) is 19.3 Å². The minimum absolute atomic E-state index is 0.324. The van der Waals surface area contributed by atoms with Crippen LogP contribution in [0, 0.1) is 11.8 Å². The minimum Gasteiger partial charge on any atom is -0.408 e. The van der Waals surface area contributed by atoms with E-state index in [0.717, 1.165) is 29.4 Å². The van der Waals surface area contributed by atoms with Gasteiger partial charge in [-0.15, -0.1) is 0 Å².